The number of nitrogens with one attached hydrogen (secondary N) is 1. The molecule has 0 saturated carbocycles. The average molecular weight is 287 g/mol. The number of likely N-dealkylation sites (tertiary alicyclic amines) is 1. The number of ether oxygens (including phenoxy) is 1. The van der Waals surface area contributed by atoms with Crippen LogP contribution in [-0.4, -0.2) is 43.7 Å². The predicted octanol–water partition coefficient (Wildman–Crippen LogP) is 1.29. The van der Waals surface area contributed by atoms with Crippen molar-refractivity contribution in [3.63, 3.8) is 0 Å². The van der Waals surface area contributed by atoms with Gasteiger partial charge in [-0.25, -0.2) is 0 Å². The van der Waals surface area contributed by atoms with Crippen LogP contribution in [0.15, 0.2) is 24.3 Å². The number of rotatable bonds is 5. The Bertz CT molecular complexity index is 516. The van der Waals surface area contributed by atoms with Gasteiger partial charge in [0.25, 0.3) is 0 Å². The van der Waals surface area contributed by atoms with Crippen LogP contribution in [0.4, 0.5) is 0 Å². The normalized spacial score (nSPS) is 15.7. The van der Waals surface area contributed by atoms with Crippen molar-refractivity contribution in [3.8, 4) is 6.07 Å². The van der Waals surface area contributed by atoms with Crippen molar-refractivity contribution < 1.29 is 9.53 Å². The van der Waals surface area contributed by atoms with E-state index in [9.17, 15) is 4.79 Å². The number of hydrogen-bond donors (Lipinski definition) is 1. The van der Waals surface area contributed by atoms with Gasteiger partial charge in [0.05, 0.1) is 11.6 Å². The Morgan fingerprint density at radius 2 is 2.14 bits per heavy atom. The molecule has 1 aliphatic heterocycles. The van der Waals surface area contributed by atoms with E-state index in [4.69, 9.17) is 10.00 Å². The van der Waals surface area contributed by atoms with E-state index in [0.29, 0.717) is 12.6 Å². The lowest BCUT2D eigenvalue weighted by Gasteiger charge is -2.32. The Balaban J connectivity index is 1.79. The number of nitrogens with zero attached hydrogens (tertiary/aromatic N) is 2. The zero-order valence-corrected chi connectivity index (χ0v) is 12.3. The van der Waals surface area contributed by atoms with E-state index in [1.54, 1.807) is 7.11 Å². The number of piperidine rings is 1. The maximum absolute atomic E-state index is 11.7. The van der Waals surface area contributed by atoms with Crippen LogP contribution in [0, 0.1) is 11.3 Å². The van der Waals surface area contributed by atoms with Gasteiger partial charge < -0.3 is 15.0 Å². The van der Waals surface area contributed by atoms with Crippen molar-refractivity contribution in [2.24, 2.45) is 0 Å². The van der Waals surface area contributed by atoms with Gasteiger partial charge in [0.2, 0.25) is 5.91 Å². The molecule has 0 bridgehead atoms. The first kappa shape index (κ1) is 15.5. The first-order valence-electron chi connectivity index (χ1n) is 7.22. The van der Waals surface area contributed by atoms with Crippen molar-refractivity contribution in [1.29, 1.82) is 5.26 Å². The minimum Gasteiger partial charge on any atom is -0.375 e. The minimum absolute atomic E-state index is 0.0609. The molecule has 0 atom stereocenters. The molecule has 1 aromatic rings. The number of benzene rings is 1. The second-order valence-electron chi connectivity index (χ2n) is 5.24. The van der Waals surface area contributed by atoms with Crippen molar-refractivity contribution in [1.82, 2.24) is 10.2 Å². The Kier molecular flexibility index (Phi) is 5.73. The highest BCUT2D eigenvalue weighted by Gasteiger charge is 2.22. The van der Waals surface area contributed by atoms with Crippen LogP contribution in [-0.2, 0) is 16.1 Å². The molecular formula is C16H21N3O2. The monoisotopic (exact) mass is 287 g/mol. The Morgan fingerprint density at radius 1 is 1.43 bits per heavy atom. The third-order valence-corrected chi connectivity index (χ3v) is 3.83. The lowest BCUT2D eigenvalue weighted by molar-refractivity contribution is -0.136. The molecule has 1 saturated heterocycles. The summed E-state index contributed by atoms with van der Waals surface area (Å²) in [5.74, 6) is 0.0609. The second-order valence-corrected chi connectivity index (χ2v) is 5.24. The van der Waals surface area contributed by atoms with Crippen LogP contribution in [0.25, 0.3) is 0 Å². The van der Waals surface area contributed by atoms with Gasteiger partial charge in [-0.2, -0.15) is 5.26 Å². The molecule has 0 spiro atoms. The summed E-state index contributed by atoms with van der Waals surface area (Å²) < 4.78 is 4.88. The molecule has 2 rings (SSSR count). The van der Waals surface area contributed by atoms with Gasteiger partial charge in [0, 0.05) is 32.8 Å². The number of amides is 1. The predicted molar refractivity (Wildman–Crippen MR) is 79.5 cm³/mol. The molecule has 21 heavy (non-hydrogen) atoms. The van der Waals surface area contributed by atoms with Gasteiger partial charge in [0.15, 0.2) is 0 Å². The molecule has 112 valence electrons. The number of carbonyl (C=O) groups excluding carboxylic acids is 1. The Hall–Kier alpha value is -1.90. The van der Waals surface area contributed by atoms with Crippen molar-refractivity contribution in [2.45, 2.75) is 25.4 Å². The van der Waals surface area contributed by atoms with Crippen molar-refractivity contribution in [3.05, 3.63) is 35.4 Å². The fraction of sp³-hybridized carbons (Fsp3) is 0.500. The van der Waals surface area contributed by atoms with Gasteiger partial charge in [0.1, 0.15) is 6.61 Å². The fourth-order valence-electron chi connectivity index (χ4n) is 2.59. The number of carbonyl (C=O) groups is 1. The summed E-state index contributed by atoms with van der Waals surface area (Å²) in [6.07, 6.45) is 1.87. The summed E-state index contributed by atoms with van der Waals surface area (Å²) in [6.45, 7) is 2.38. The molecule has 1 aliphatic rings. The van der Waals surface area contributed by atoms with E-state index >= 15 is 0 Å². The van der Waals surface area contributed by atoms with Crippen LogP contribution in [0.1, 0.15) is 24.0 Å². The summed E-state index contributed by atoms with van der Waals surface area (Å²) in [5.41, 5.74) is 1.75. The number of nitriles is 1. The van der Waals surface area contributed by atoms with Gasteiger partial charge in [-0.05, 0) is 24.5 Å². The maximum Gasteiger partial charge on any atom is 0.248 e. The molecule has 1 amide bonds. The van der Waals surface area contributed by atoms with Gasteiger partial charge in [-0.3, -0.25) is 4.79 Å². The molecule has 0 radical (unpaired) electrons. The Morgan fingerprint density at radius 3 is 2.81 bits per heavy atom. The summed E-state index contributed by atoms with van der Waals surface area (Å²) in [4.78, 5) is 13.6. The molecule has 5 heteroatoms. The highest BCUT2D eigenvalue weighted by molar-refractivity contribution is 5.77. The summed E-state index contributed by atoms with van der Waals surface area (Å²) in [6, 6.07) is 10.2. The zero-order chi connectivity index (χ0) is 15.1. The molecule has 1 N–H and O–H groups in total. The minimum atomic E-state index is 0.0609. The van der Waals surface area contributed by atoms with Crippen LogP contribution in [0.3, 0.4) is 0 Å². The molecule has 1 aromatic carbocycles. The lowest BCUT2D eigenvalue weighted by Crippen LogP contribution is -2.45. The van der Waals surface area contributed by atoms with Gasteiger partial charge in [-0.1, -0.05) is 18.2 Å². The third kappa shape index (κ3) is 4.28. The summed E-state index contributed by atoms with van der Waals surface area (Å²) >= 11 is 0. The number of hydrogen-bond acceptors (Lipinski definition) is 4. The first-order valence-corrected chi connectivity index (χ1v) is 7.22. The Labute approximate surface area is 125 Å². The largest absolute Gasteiger partial charge is 0.375 e. The maximum atomic E-state index is 11.7. The summed E-state index contributed by atoms with van der Waals surface area (Å²) in [7, 11) is 1.54. The van der Waals surface area contributed by atoms with E-state index in [1.807, 2.05) is 29.2 Å². The average Bonchev–Trinajstić information content (AvgIpc) is 2.54. The van der Waals surface area contributed by atoms with Crippen LogP contribution < -0.4 is 5.32 Å². The van der Waals surface area contributed by atoms with E-state index in [0.717, 1.165) is 37.1 Å². The molecule has 1 fully saturated rings. The van der Waals surface area contributed by atoms with E-state index in [1.165, 1.54) is 0 Å². The molecular weight excluding hydrogens is 266 g/mol. The second kappa shape index (κ2) is 7.77. The van der Waals surface area contributed by atoms with Gasteiger partial charge in [-0.15, -0.1) is 0 Å². The highest BCUT2D eigenvalue weighted by Crippen LogP contribution is 2.13. The first-order chi connectivity index (χ1) is 10.2. The zero-order valence-electron chi connectivity index (χ0n) is 12.3. The number of methoxy groups -OCH3 is 1. The van der Waals surface area contributed by atoms with Crippen LogP contribution >= 0.6 is 0 Å². The molecule has 5 nitrogen and oxygen atoms in total. The van der Waals surface area contributed by atoms with Crippen molar-refractivity contribution >= 4 is 5.91 Å². The molecule has 1 heterocycles. The molecule has 0 aliphatic carbocycles. The van der Waals surface area contributed by atoms with Crippen molar-refractivity contribution in [2.75, 3.05) is 26.8 Å². The topological polar surface area (TPSA) is 65.4 Å². The molecule has 0 unspecified atom stereocenters. The SMILES string of the molecule is COCC(=O)N1CCC(NCc2ccccc2C#N)CC1. The smallest absolute Gasteiger partial charge is 0.248 e. The summed E-state index contributed by atoms with van der Waals surface area (Å²) in [5, 5.41) is 12.6. The van der Waals surface area contributed by atoms with E-state index in [-0.39, 0.29) is 12.5 Å². The fourth-order valence-corrected chi connectivity index (χ4v) is 2.59. The van der Waals surface area contributed by atoms with Gasteiger partial charge >= 0.3 is 0 Å². The van der Waals surface area contributed by atoms with Crippen LogP contribution in [0.2, 0.25) is 0 Å². The third-order valence-electron chi connectivity index (χ3n) is 3.83. The highest BCUT2D eigenvalue weighted by atomic mass is 16.5. The van der Waals surface area contributed by atoms with Crippen LogP contribution in [0.5, 0.6) is 0 Å². The van der Waals surface area contributed by atoms with E-state index < -0.39 is 0 Å². The molecule has 0 aromatic heterocycles. The van der Waals surface area contributed by atoms with E-state index in [2.05, 4.69) is 11.4 Å². The lowest BCUT2D eigenvalue weighted by atomic mass is 10.0. The quantitative estimate of drug-likeness (QED) is 0.886. The standard InChI is InChI=1S/C16H21N3O2/c1-21-12-16(20)19-8-6-15(7-9-19)18-11-14-5-3-2-4-13(14)10-17/h2-5,15,18H,6-9,11-12H2,1H3.